The molecule has 4 N–H and O–H groups in total. The maximum Gasteiger partial charge on any atom is 0.328 e. The first-order valence-corrected chi connectivity index (χ1v) is 13.5. The molecule has 0 saturated carbocycles. The van der Waals surface area contributed by atoms with Gasteiger partial charge in [-0.05, 0) is 69.9 Å². The van der Waals surface area contributed by atoms with Crippen LogP contribution < -0.4 is 4.72 Å². The van der Waals surface area contributed by atoms with Crippen LogP contribution in [0.4, 0.5) is 10.1 Å². The minimum Gasteiger partial charge on any atom is -0.478 e. The molecular weight excluding hydrogens is 479 g/mol. The average Bonchev–Trinajstić information content (AvgIpc) is 2.75. The Morgan fingerprint density at radius 2 is 1.54 bits per heavy atom. The van der Waals surface area contributed by atoms with Crippen LogP contribution in [-0.4, -0.2) is 72.6 Å². The third kappa shape index (κ3) is 19.5. The van der Waals surface area contributed by atoms with E-state index in [0.717, 1.165) is 57.1 Å². The molecule has 35 heavy (non-hydrogen) atoms. The fraction of sp³-hybridized carbons (Fsp3) is 0.583. The number of alkyl halides is 1. The number of carboxylic acid groups (broad SMARTS) is 2. The predicted octanol–water partition coefficient (Wildman–Crippen LogP) is 3.82. The van der Waals surface area contributed by atoms with Gasteiger partial charge in [-0.15, -0.1) is 0 Å². The van der Waals surface area contributed by atoms with E-state index < -0.39 is 34.2 Å². The molecule has 1 aromatic rings. The first kappa shape index (κ1) is 32.5. The summed E-state index contributed by atoms with van der Waals surface area (Å²) in [5.41, 5.74) is 1.28. The highest BCUT2D eigenvalue weighted by atomic mass is 32.2. The monoisotopic (exact) mass is 518 g/mol. The van der Waals surface area contributed by atoms with Gasteiger partial charge in [0, 0.05) is 17.8 Å². The maximum atomic E-state index is 12.8. The second-order valence-electron chi connectivity index (χ2n) is 8.23. The molecule has 0 heterocycles. The van der Waals surface area contributed by atoms with Crippen LogP contribution >= 0.6 is 0 Å². The molecule has 0 saturated heterocycles. The third-order valence-electron chi connectivity index (χ3n) is 4.94. The maximum absolute atomic E-state index is 12.8. The zero-order chi connectivity index (χ0) is 26.9. The largest absolute Gasteiger partial charge is 0.478 e. The molecule has 0 aliphatic heterocycles. The molecule has 0 radical (unpaired) electrons. The lowest BCUT2D eigenvalue weighted by Gasteiger charge is -2.21. The number of nitrogens with one attached hydrogen (secondary N) is 1. The summed E-state index contributed by atoms with van der Waals surface area (Å²) in [6.07, 6.45) is 6.25. The van der Waals surface area contributed by atoms with E-state index in [0.29, 0.717) is 30.7 Å². The van der Waals surface area contributed by atoms with Gasteiger partial charge in [0.2, 0.25) is 10.0 Å². The van der Waals surface area contributed by atoms with Crippen molar-refractivity contribution < 1.29 is 37.7 Å². The van der Waals surface area contributed by atoms with Crippen molar-refractivity contribution in [2.24, 2.45) is 0 Å². The standard InChI is InChI=1S/C20H35FN2O3S.C4H4O4/c1-4-23(15-7-5-6-9-17(2)21)16-8-10-20(24)18-11-13-19(14-12-18)22-27(3,25)26;5-3(6)1-2-4(7)8/h11-14,17,20,22,24H,4-10,15-16H2,1-3H3;1-2H,(H,5,6)(H,7,8)/b;2-1+/t17-,20?;/m0./s1. The summed E-state index contributed by atoms with van der Waals surface area (Å²) < 4.78 is 37.6. The SMILES string of the molecule is CCN(CCCCC[C@H](C)F)CCCC(O)c1ccc(NS(C)(=O)=O)cc1.O=C(O)/C=C/C(=O)O. The van der Waals surface area contributed by atoms with Gasteiger partial charge in [0.05, 0.1) is 18.5 Å². The van der Waals surface area contributed by atoms with Crippen molar-refractivity contribution in [1.29, 1.82) is 0 Å². The summed E-state index contributed by atoms with van der Waals surface area (Å²) in [6, 6.07) is 6.83. The lowest BCUT2D eigenvalue weighted by atomic mass is 10.0. The molecule has 200 valence electrons. The number of unbranched alkanes of at least 4 members (excludes halogenated alkanes) is 2. The number of aliphatic carboxylic acids is 2. The Morgan fingerprint density at radius 3 is 2.00 bits per heavy atom. The summed E-state index contributed by atoms with van der Waals surface area (Å²) in [5, 5.41) is 26.0. The zero-order valence-corrected chi connectivity index (χ0v) is 21.5. The fourth-order valence-corrected chi connectivity index (χ4v) is 3.73. The summed E-state index contributed by atoms with van der Waals surface area (Å²) in [4.78, 5) is 21.5. The van der Waals surface area contributed by atoms with E-state index in [4.69, 9.17) is 10.2 Å². The first-order valence-electron chi connectivity index (χ1n) is 11.6. The molecule has 0 aliphatic rings. The number of sulfonamides is 1. The number of hydrogen-bond donors (Lipinski definition) is 4. The van der Waals surface area contributed by atoms with Gasteiger partial charge in [-0.2, -0.15) is 0 Å². The quantitative estimate of drug-likeness (QED) is 0.191. The lowest BCUT2D eigenvalue weighted by molar-refractivity contribution is -0.134. The fourth-order valence-electron chi connectivity index (χ4n) is 3.17. The zero-order valence-electron chi connectivity index (χ0n) is 20.7. The minimum atomic E-state index is -3.29. The molecule has 2 atom stereocenters. The first-order chi connectivity index (χ1) is 16.3. The number of nitrogens with zero attached hydrogens (tertiary/aromatic N) is 1. The highest BCUT2D eigenvalue weighted by molar-refractivity contribution is 7.92. The van der Waals surface area contributed by atoms with Crippen LogP contribution in [0.25, 0.3) is 0 Å². The number of benzene rings is 1. The van der Waals surface area contributed by atoms with E-state index in [-0.39, 0.29) is 0 Å². The smallest absolute Gasteiger partial charge is 0.328 e. The summed E-state index contributed by atoms with van der Waals surface area (Å²) >= 11 is 0. The molecule has 0 bridgehead atoms. The lowest BCUT2D eigenvalue weighted by Crippen LogP contribution is -2.26. The minimum absolute atomic E-state index is 0.493. The molecular formula is C24H39FN2O7S. The predicted molar refractivity (Wildman–Crippen MR) is 135 cm³/mol. The molecule has 0 aliphatic carbocycles. The number of aliphatic hydroxyl groups is 1. The number of carboxylic acids is 2. The molecule has 1 unspecified atom stereocenters. The number of hydrogen-bond acceptors (Lipinski definition) is 6. The van der Waals surface area contributed by atoms with Crippen LogP contribution in [0.3, 0.4) is 0 Å². The van der Waals surface area contributed by atoms with E-state index >= 15 is 0 Å². The van der Waals surface area contributed by atoms with Gasteiger partial charge in [0.15, 0.2) is 0 Å². The Hall–Kier alpha value is -2.50. The third-order valence-corrected chi connectivity index (χ3v) is 5.55. The van der Waals surface area contributed by atoms with Gasteiger partial charge in [-0.1, -0.05) is 31.9 Å². The van der Waals surface area contributed by atoms with E-state index in [1.165, 1.54) is 0 Å². The Kier molecular flexibility index (Phi) is 16.6. The number of aliphatic hydroxyl groups excluding tert-OH is 1. The van der Waals surface area contributed by atoms with Crippen LogP contribution in [0.15, 0.2) is 36.4 Å². The van der Waals surface area contributed by atoms with Gasteiger partial charge in [-0.25, -0.2) is 22.4 Å². The van der Waals surface area contributed by atoms with Gasteiger partial charge >= 0.3 is 11.9 Å². The summed E-state index contributed by atoms with van der Waals surface area (Å²) in [5.74, 6) is -2.51. The van der Waals surface area contributed by atoms with Crippen LogP contribution in [0.5, 0.6) is 0 Å². The second-order valence-corrected chi connectivity index (χ2v) is 9.98. The normalized spacial score (nSPS) is 13.2. The summed E-state index contributed by atoms with van der Waals surface area (Å²) in [6.45, 7) is 6.66. The van der Waals surface area contributed by atoms with Crippen molar-refractivity contribution >= 4 is 27.6 Å². The van der Waals surface area contributed by atoms with E-state index in [1.807, 2.05) is 0 Å². The number of rotatable bonds is 16. The van der Waals surface area contributed by atoms with Crippen molar-refractivity contribution in [2.75, 3.05) is 30.6 Å². The highest BCUT2D eigenvalue weighted by Gasteiger charge is 2.10. The van der Waals surface area contributed by atoms with Crippen molar-refractivity contribution in [3.63, 3.8) is 0 Å². The van der Waals surface area contributed by atoms with Gasteiger partial charge in [0.1, 0.15) is 0 Å². The van der Waals surface area contributed by atoms with E-state index in [1.54, 1.807) is 31.2 Å². The molecule has 11 heteroatoms. The van der Waals surface area contributed by atoms with Crippen molar-refractivity contribution in [1.82, 2.24) is 4.90 Å². The average molecular weight is 519 g/mol. The number of carbonyl (C=O) groups is 2. The van der Waals surface area contributed by atoms with Crippen LogP contribution in [0, 0.1) is 0 Å². The second kappa shape index (κ2) is 17.9. The topological polar surface area (TPSA) is 144 Å². The molecule has 0 aromatic heterocycles. The van der Waals surface area contributed by atoms with Crippen LogP contribution in [0.2, 0.25) is 0 Å². The van der Waals surface area contributed by atoms with Crippen molar-refractivity contribution in [3.05, 3.63) is 42.0 Å². The highest BCUT2D eigenvalue weighted by Crippen LogP contribution is 2.21. The molecule has 1 aromatic carbocycles. The molecule has 1 rings (SSSR count). The molecule has 0 fully saturated rings. The molecule has 9 nitrogen and oxygen atoms in total. The number of anilines is 1. The number of halogens is 1. The van der Waals surface area contributed by atoms with Crippen molar-refractivity contribution in [3.8, 4) is 0 Å². The summed E-state index contributed by atoms with van der Waals surface area (Å²) in [7, 11) is -3.29. The Balaban J connectivity index is 0.00000124. The Morgan fingerprint density at radius 1 is 1.00 bits per heavy atom. The van der Waals surface area contributed by atoms with E-state index in [9.17, 15) is 27.5 Å². The Labute approximate surface area is 207 Å². The van der Waals surface area contributed by atoms with Gasteiger partial charge in [0.25, 0.3) is 0 Å². The Bertz CT molecular complexity index is 858. The van der Waals surface area contributed by atoms with Crippen LogP contribution in [0.1, 0.15) is 64.0 Å². The van der Waals surface area contributed by atoms with Crippen LogP contribution in [-0.2, 0) is 19.6 Å². The van der Waals surface area contributed by atoms with Gasteiger partial charge < -0.3 is 20.2 Å². The van der Waals surface area contributed by atoms with E-state index in [2.05, 4.69) is 16.5 Å². The molecule has 0 spiro atoms. The van der Waals surface area contributed by atoms with Gasteiger partial charge in [-0.3, -0.25) is 4.72 Å². The van der Waals surface area contributed by atoms with Crippen molar-refractivity contribution in [2.45, 2.75) is 64.6 Å². The molecule has 0 amide bonds.